The Balaban J connectivity index is 3.04. The van der Waals surface area contributed by atoms with Crippen molar-refractivity contribution in [2.24, 2.45) is 0 Å². The van der Waals surface area contributed by atoms with Gasteiger partial charge in [0.25, 0.3) is 0 Å². The van der Waals surface area contributed by atoms with Gasteiger partial charge in [-0.2, -0.15) is 0 Å². The summed E-state index contributed by atoms with van der Waals surface area (Å²) in [5.74, 6) is 0. The first-order valence-corrected chi connectivity index (χ1v) is 19.4. The summed E-state index contributed by atoms with van der Waals surface area (Å²) in [5, 5.41) is 0. The van der Waals surface area contributed by atoms with E-state index in [0.717, 1.165) is 26.1 Å². The second-order valence-electron chi connectivity index (χ2n) is 11.4. The van der Waals surface area contributed by atoms with Gasteiger partial charge in [-0.25, -0.2) is 0 Å². The Morgan fingerprint density at radius 1 is 0.160 bits per heavy atom. The molecule has 0 bridgehead atoms. The first-order chi connectivity index (χ1) is 24.9. The molecule has 50 heavy (non-hydrogen) atoms. The molecule has 302 valence electrons. The van der Waals surface area contributed by atoms with E-state index in [1.165, 1.54) is 44.9 Å². The van der Waals surface area contributed by atoms with Gasteiger partial charge in [0.1, 0.15) is 0 Å². The maximum Gasteiger partial charge on any atom is 0.0701 e. The fraction of sp³-hybridized carbons (Fsp3) is 1.00. The Hall–Kier alpha value is -0.520. The number of hydrogen-bond donors (Lipinski definition) is 0. The molecule has 0 aromatic rings. The van der Waals surface area contributed by atoms with E-state index < -0.39 is 0 Å². The van der Waals surface area contributed by atoms with Gasteiger partial charge in [-0.15, -0.1) is 0 Å². The summed E-state index contributed by atoms with van der Waals surface area (Å²) in [5.41, 5.74) is 0. The predicted octanol–water partition coefficient (Wildman–Crippen LogP) is 4.75. The quantitative estimate of drug-likeness (QED) is 0.0803. The Labute approximate surface area is 304 Å². The van der Waals surface area contributed by atoms with E-state index in [1.807, 2.05) is 0 Å². The fourth-order valence-corrected chi connectivity index (χ4v) is 4.18. The molecule has 0 aliphatic heterocycles. The van der Waals surface area contributed by atoms with Gasteiger partial charge >= 0.3 is 0 Å². The minimum absolute atomic E-state index is 0.517. The summed E-state index contributed by atoms with van der Waals surface area (Å²) in [6.45, 7) is 19.2. The van der Waals surface area contributed by atoms with E-state index in [1.54, 1.807) is 0 Å². The van der Waals surface area contributed by atoms with E-state index >= 15 is 0 Å². The van der Waals surface area contributed by atoms with Crippen LogP contribution < -0.4 is 0 Å². The topological polar surface area (TPSA) is 120 Å². The molecular weight excluding hydrogens is 652 g/mol. The SMILES string of the molecule is CCCCCCCCOCCOCCOCCOCCOCCOCCOCCOCCOCCOCCOCCOCCOCCCCC. The number of rotatable bonds is 47. The summed E-state index contributed by atoms with van der Waals surface area (Å²) >= 11 is 0. The molecule has 0 amide bonds. The monoisotopic (exact) mass is 729 g/mol. The van der Waals surface area contributed by atoms with Crippen LogP contribution in [0.5, 0.6) is 0 Å². The molecule has 0 saturated heterocycles. The van der Waals surface area contributed by atoms with Crippen LogP contribution in [0.3, 0.4) is 0 Å². The van der Waals surface area contributed by atoms with E-state index in [0.29, 0.717) is 159 Å². The number of ether oxygens (including phenoxy) is 13. The van der Waals surface area contributed by atoms with Crippen LogP contribution in [0.1, 0.15) is 71.6 Å². The van der Waals surface area contributed by atoms with E-state index in [4.69, 9.17) is 61.6 Å². The maximum absolute atomic E-state index is 5.59. The third-order valence-corrected chi connectivity index (χ3v) is 7.00. The molecule has 0 heterocycles. The van der Waals surface area contributed by atoms with Crippen LogP contribution in [-0.4, -0.2) is 172 Å². The summed E-state index contributed by atoms with van der Waals surface area (Å²) in [6.07, 6.45) is 11.2. The smallest absolute Gasteiger partial charge is 0.0701 e. The van der Waals surface area contributed by atoms with Crippen molar-refractivity contribution in [1.82, 2.24) is 0 Å². The van der Waals surface area contributed by atoms with Crippen LogP contribution in [0, 0.1) is 0 Å². The summed E-state index contributed by atoms with van der Waals surface area (Å²) in [7, 11) is 0. The predicted molar refractivity (Wildman–Crippen MR) is 194 cm³/mol. The second-order valence-corrected chi connectivity index (χ2v) is 11.4. The molecule has 0 radical (unpaired) electrons. The highest BCUT2D eigenvalue weighted by Crippen LogP contribution is 2.04. The maximum atomic E-state index is 5.59. The number of hydrogen-bond acceptors (Lipinski definition) is 13. The van der Waals surface area contributed by atoms with Gasteiger partial charge in [-0.3, -0.25) is 0 Å². The minimum Gasteiger partial charge on any atom is -0.379 e. The molecular formula is C37H76O13. The highest BCUT2D eigenvalue weighted by molar-refractivity contribution is 4.44. The lowest BCUT2D eigenvalue weighted by atomic mass is 10.1. The van der Waals surface area contributed by atoms with Crippen LogP contribution in [0.2, 0.25) is 0 Å². The van der Waals surface area contributed by atoms with Crippen molar-refractivity contribution in [2.45, 2.75) is 71.6 Å². The molecule has 0 N–H and O–H groups in total. The minimum atomic E-state index is 0.517. The van der Waals surface area contributed by atoms with Crippen molar-refractivity contribution in [3.05, 3.63) is 0 Å². The molecule has 0 saturated carbocycles. The van der Waals surface area contributed by atoms with Crippen molar-refractivity contribution in [1.29, 1.82) is 0 Å². The average molecular weight is 729 g/mol. The van der Waals surface area contributed by atoms with Crippen molar-refractivity contribution in [2.75, 3.05) is 172 Å². The molecule has 0 atom stereocenters. The van der Waals surface area contributed by atoms with Gasteiger partial charge in [-0.1, -0.05) is 58.8 Å². The molecule has 13 heteroatoms. The van der Waals surface area contributed by atoms with Crippen molar-refractivity contribution in [3.8, 4) is 0 Å². The van der Waals surface area contributed by atoms with Crippen LogP contribution in [0.15, 0.2) is 0 Å². The van der Waals surface area contributed by atoms with E-state index in [2.05, 4.69) is 13.8 Å². The molecule has 0 unspecified atom stereocenters. The molecule has 0 aliphatic rings. The lowest BCUT2D eigenvalue weighted by Gasteiger charge is -2.09. The summed E-state index contributed by atoms with van der Waals surface area (Å²) in [4.78, 5) is 0. The van der Waals surface area contributed by atoms with Gasteiger partial charge in [0.15, 0.2) is 0 Å². The largest absolute Gasteiger partial charge is 0.379 e. The normalized spacial score (nSPS) is 11.6. The van der Waals surface area contributed by atoms with Gasteiger partial charge in [0.05, 0.1) is 159 Å². The highest BCUT2D eigenvalue weighted by Gasteiger charge is 1.97. The average Bonchev–Trinajstić information content (AvgIpc) is 3.13. The van der Waals surface area contributed by atoms with Gasteiger partial charge in [0, 0.05) is 13.2 Å². The Bertz CT molecular complexity index is 529. The second kappa shape index (κ2) is 48.5. The molecule has 0 aromatic heterocycles. The van der Waals surface area contributed by atoms with Crippen molar-refractivity contribution < 1.29 is 61.6 Å². The molecule has 0 rings (SSSR count). The highest BCUT2D eigenvalue weighted by atomic mass is 16.6. The van der Waals surface area contributed by atoms with E-state index in [9.17, 15) is 0 Å². The Morgan fingerprint density at radius 2 is 0.300 bits per heavy atom. The van der Waals surface area contributed by atoms with E-state index in [-0.39, 0.29) is 0 Å². The standard InChI is InChI=1S/C37H76O13/c1-3-5-7-8-9-11-13-39-15-17-41-19-21-43-23-25-45-27-29-47-31-33-49-35-37-50-36-34-48-32-30-46-28-26-44-24-22-42-20-18-40-16-14-38-12-10-6-4-2/h3-37H2,1-2H3. The molecule has 13 nitrogen and oxygen atoms in total. The lowest BCUT2D eigenvalue weighted by molar-refractivity contribution is -0.0290. The number of unbranched alkanes of at least 4 members (excludes halogenated alkanes) is 7. The zero-order chi connectivity index (χ0) is 35.9. The van der Waals surface area contributed by atoms with Crippen LogP contribution in [0.25, 0.3) is 0 Å². The molecule has 0 fully saturated rings. The van der Waals surface area contributed by atoms with Gasteiger partial charge in [-0.05, 0) is 12.8 Å². The zero-order valence-corrected chi connectivity index (χ0v) is 32.1. The van der Waals surface area contributed by atoms with Crippen LogP contribution in [-0.2, 0) is 61.6 Å². The third-order valence-electron chi connectivity index (χ3n) is 7.00. The summed E-state index contributed by atoms with van der Waals surface area (Å²) < 4.78 is 71.5. The lowest BCUT2D eigenvalue weighted by Crippen LogP contribution is -2.15. The first kappa shape index (κ1) is 49.5. The van der Waals surface area contributed by atoms with Crippen LogP contribution in [0.4, 0.5) is 0 Å². The Morgan fingerprint density at radius 3 is 0.520 bits per heavy atom. The fourth-order valence-electron chi connectivity index (χ4n) is 4.18. The van der Waals surface area contributed by atoms with Crippen molar-refractivity contribution >= 4 is 0 Å². The van der Waals surface area contributed by atoms with Crippen LogP contribution >= 0.6 is 0 Å². The molecule has 0 spiro atoms. The zero-order valence-electron chi connectivity index (χ0n) is 32.1. The molecule has 0 aromatic carbocycles. The third kappa shape index (κ3) is 47.5. The van der Waals surface area contributed by atoms with Gasteiger partial charge < -0.3 is 61.6 Å². The summed E-state index contributed by atoms with van der Waals surface area (Å²) in [6, 6.07) is 0. The van der Waals surface area contributed by atoms with Crippen molar-refractivity contribution in [3.63, 3.8) is 0 Å². The molecule has 0 aliphatic carbocycles. The first-order valence-electron chi connectivity index (χ1n) is 19.4. The Kier molecular flexibility index (Phi) is 48.0. The van der Waals surface area contributed by atoms with Gasteiger partial charge in [0.2, 0.25) is 0 Å².